The molecule has 0 amide bonds. The number of sulfone groups is 2. The van der Waals surface area contributed by atoms with E-state index in [2.05, 4.69) is 21.1 Å². The van der Waals surface area contributed by atoms with Gasteiger partial charge in [0, 0.05) is 16.6 Å². The molecule has 2 atom stereocenters. The summed E-state index contributed by atoms with van der Waals surface area (Å²) in [6.07, 6.45) is 0. The number of nitrogens with one attached hydrogen (secondary N) is 2. The molecule has 4 rings (SSSR count). The molecule has 2 unspecified atom stereocenters. The highest BCUT2D eigenvalue weighted by Gasteiger charge is 2.47. The van der Waals surface area contributed by atoms with E-state index in [9.17, 15) is 16.8 Å². The van der Waals surface area contributed by atoms with E-state index >= 15 is 0 Å². The lowest BCUT2D eigenvalue weighted by atomic mass is 10.0. The molecule has 2 N–H and O–H groups in total. The molecule has 0 fully saturated rings. The first kappa shape index (κ1) is 21.1. The average Bonchev–Trinajstić information content (AvgIpc) is 3.40. The van der Waals surface area contributed by atoms with Crippen LogP contribution in [0.1, 0.15) is 11.5 Å². The maximum atomic E-state index is 13.4. The predicted octanol–water partition coefficient (Wildman–Crippen LogP) is 2.17. The van der Waals surface area contributed by atoms with Crippen molar-refractivity contribution in [3.63, 3.8) is 0 Å². The zero-order valence-electron chi connectivity index (χ0n) is 15.3. The van der Waals surface area contributed by atoms with Gasteiger partial charge in [-0.3, -0.25) is 0 Å². The van der Waals surface area contributed by atoms with Crippen LogP contribution in [0.2, 0.25) is 10.0 Å². The Morgan fingerprint density at radius 2 is 1.30 bits per heavy atom. The Kier molecular flexibility index (Phi) is 5.52. The zero-order valence-corrected chi connectivity index (χ0v) is 18.4. The minimum atomic E-state index is -4.15. The van der Waals surface area contributed by atoms with E-state index in [0.29, 0.717) is 15.6 Å². The number of rotatable bonds is 3. The standard InChI is InChI=1S/C18H16Cl2N4O4S2/c19-12-3-1-11(2-4-12)15-9-21-23-17(15)30(27,28)16-10-22-24-18(16)29(25,26)14-7-5-13(20)6-8-14/h1-8,15-16,21-22H,9-10H2. The van der Waals surface area contributed by atoms with Gasteiger partial charge < -0.3 is 10.9 Å². The van der Waals surface area contributed by atoms with Crippen molar-refractivity contribution in [3.8, 4) is 0 Å². The summed E-state index contributed by atoms with van der Waals surface area (Å²) in [5.41, 5.74) is 5.93. The van der Waals surface area contributed by atoms with Gasteiger partial charge in [0.25, 0.3) is 0 Å². The van der Waals surface area contributed by atoms with Gasteiger partial charge in [0.15, 0.2) is 10.1 Å². The molecule has 2 aliphatic rings. The second-order valence-electron chi connectivity index (χ2n) is 6.72. The first-order chi connectivity index (χ1) is 14.2. The van der Waals surface area contributed by atoms with Crippen LogP contribution in [0.5, 0.6) is 0 Å². The third kappa shape index (κ3) is 3.68. The van der Waals surface area contributed by atoms with Crippen LogP contribution in [0.15, 0.2) is 63.6 Å². The summed E-state index contributed by atoms with van der Waals surface area (Å²) >= 11 is 11.8. The van der Waals surface area contributed by atoms with Gasteiger partial charge in [0.1, 0.15) is 5.25 Å². The van der Waals surface area contributed by atoms with Crippen molar-refractivity contribution in [2.45, 2.75) is 16.1 Å². The van der Waals surface area contributed by atoms with Gasteiger partial charge in [0.2, 0.25) is 19.7 Å². The summed E-state index contributed by atoms with van der Waals surface area (Å²) in [6, 6.07) is 12.2. The van der Waals surface area contributed by atoms with E-state index in [1.807, 2.05) is 0 Å². The highest BCUT2D eigenvalue weighted by Crippen LogP contribution is 2.29. The van der Waals surface area contributed by atoms with E-state index in [1.165, 1.54) is 24.3 Å². The lowest BCUT2D eigenvalue weighted by molar-refractivity contribution is 0.596. The molecule has 12 heteroatoms. The van der Waals surface area contributed by atoms with Gasteiger partial charge in [0.05, 0.1) is 17.4 Å². The van der Waals surface area contributed by atoms with Gasteiger partial charge in [-0.1, -0.05) is 35.3 Å². The normalized spacial score (nSPS) is 21.5. The number of halogens is 2. The predicted molar refractivity (Wildman–Crippen MR) is 116 cm³/mol. The van der Waals surface area contributed by atoms with E-state index in [1.54, 1.807) is 24.3 Å². The molecule has 8 nitrogen and oxygen atoms in total. The van der Waals surface area contributed by atoms with Crippen LogP contribution in [-0.4, -0.2) is 45.3 Å². The average molecular weight is 487 g/mol. The molecule has 2 aromatic carbocycles. The summed E-state index contributed by atoms with van der Waals surface area (Å²) in [4.78, 5) is -0.0877. The van der Waals surface area contributed by atoms with Gasteiger partial charge in [-0.25, -0.2) is 16.8 Å². The van der Waals surface area contributed by atoms with Crippen LogP contribution >= 0.6 is 23.2 Å². The Labute approximate surface area is 183 Å². The van der Waals surface area contributed by atoms with Crippen molar-refractivity contribution >= 4 is 53.0 Å². The molecule has 0 aliphatic carbocycles. The molecule has 0 saturated carbocycles. The third-order valence-electron chi connectivity index (χ3n) is 4.86. The number of benzene rings is 2. The molecular formula is C18H16Cl2N4O4S2. The van der Waals surface area contributed by atoms with Crippen LogP contribution in [0.4, 0.5) is 0 Å². The molecule has 0 saturated heterocycles. The first-order valence-electron chi connectivity index (χ1n) is 8.82. The molecule has 0 radical (unpaired) electrons. The SMILES string of the molecule is O=S(=O)(C1=NNCC1S(=O)(=O)C1=NNCC1c1ccc(Cl)cc1)c1ccc(Cl)cc1. The maximum Gasteiger partial charge on any atom is 0.223 e. The van der Waals surface area contributed by atoms with Crippen LogP contribution in [0, 0.1) is 0 Å². The second kappa shape index (κ2) is 7.84. The van der Waals surface area contributed by atoms with Crippen molar-refractivity contribution in [3.05, 3.63) is 64.1 Å². The fourth-order valence-corrected chi connectivity index (χ4v) is 7.39. The minimum Gasteiger partial charge on any atom is -0.308 e. The molecule has 30 heavy (non-hydrogen) atoms. The topological polar surface area (TPSA) is 117 Å². The van der Waals surface area contributed by atoms with Crippen LogP contribution in [0.25, 0.3) is 0 Å². The van der Waals surface area contributed by atoms with Gasteiger partial charge in [-0.05, 0) is 42.0 Å². The van der Waals surface area contributed by atoms with Crippen LogP contribution in [-0.2, 0) is 19.7 Å². The Morgan fingerprint density at radius 1 is 0.767 bits per heavy atom. The van der Waals surface area contributed by atoms with Gasteiger partial charge >= 0.3 is 0 Å². The fourth-order valence-electron chi connectivity index (χ4n) is 3.32. The number of hydrogen-bond acceptors (Lipinski definition) is 8. The molecule has 0 aromatic heterocycles. The Hall–Kier alpha value is -2.14. The van der Waals surface area contributed by atoms with Crippen molar-refractivity contribution in [2.24, 2.45) is 10.2 Å². The fraction of sp³-hybridized carbons (Fsp3) is 0.222. The van der Waals surface area contributed by atoms with Crippen molar-refractivity contribution in [1.82, 2.24) is 10.9 Å². The van der Waals surface area contributed by atoms with E-state index in [0.717, 1.165) is 0 Å². The number of hydrogen-bond donors (Lipinski definition) is 2. The minimum absolute atomic E-state index is 0.0877. The number of nitrogens with zero attached hydrogens (tertiary/aromatic N) is 2. The summed E-state index contributed by atoms with van der Waals surface area (Å²) in [6.45, 7) is 0.101. The Morgan fingerprint density at radius 3 is 1.93 bits per heavy atom. The van der Waals surface area contributed by atoms with Crippen LogP contribution < -0.4 is 10.9 Å². The Bertz CT molecular complexity index is 1240. The van der Waals surface area contributed by atoms with E-state index in [4.69, 9.17) is 23.2 Å². The second-order valence-corrected chi connectivity index (χ2v) is 11.6. The number of hydrazone groups is 2. The molecule has 2 heterocycles. The summed E-state index contributed by atoms with van der Waals surface area (Å²) in [5, 5.41) is 6.69. The van der Waals surface area contributed by atoms with E-state index < -0.39 is 35.9 Å². The first-order valence-corrected chi connectivity index (χ1v) is 12.6. The largest absolute Gasteiger partial charge is 0.308 e. The molecule has 2 aromatic rings. The highest BCUT2D eigenvalue weighted by molar-refractivity contribution is 8.13. The zero-order chi connectivity index (χ0) is 21.5. The van der Waals surface area contributed by atoms with E-state index in [-0.39, 0.29) is 23.0 Å². The van der Waals surface area contributed by atoms with Crippen LogP contribution in [0.3, 0.4) is 0 Å². The molecular weight excluding hydrogens is 471 g/mol. The lowest BCUT2D eigenvalue weighted by Gasteiger charge is -2.17. The van der Waals surface area contributed by atoms with Crippen molar-refractivity contribution in [2.75, 3.05) is 13.1 Å². The molecule has 0 bridgehead atoms. The monoisotopic (exact) mass is 486 g/mol. The molecule has 2 aliphatic heterocycles. The lowest BCUT2D eigenvalue weighted by Crippen LogP contribution is -2.41. The van der Waals surface area contributed by atoms with Crippen molar-refractivity contribution in [1.29, 1.82) is 0 Å². The van der Waals surface area contributed by atoms with Crippen molar-refractivity contribution < 1.29 is 16.8 Å². The summed E-state index contributed by atoms with van der Waals surface area (Å²) < 4.78 is 53.0. The van der Waals surface area contributed by atoms with Gasteiger partial charge in [-0.2, -0.15) is 10.2 Å². The van der Waals surface area contributed by atoms with Gasteiger partial charge in [-0.15, -0.1) is 0 Å². The maximum absolute atomic E-state index is 13.4. The quantitative estimate of drug-likeness (QED) is 0.686. The molecule has 158 valence electrons. The summed E-state index contributed by atoms with van der Waals surface area (Å²) in [5.74, 6) is -0.563. The summed E-state index contributed by atoms with van der Waals surface area (Å²) in [7, 11) is -8.29. The molecule has 0 spiro atoms. The highest BCUT2D eigenvalue weighted by atomic mass is 35.5. The smallest absolute Gasteiger partial charge is 0.223 e. The Balaban J connectivity index is 1.69. The third-order valence-corrected chi connectivity index (χ3v) is 9.43.